The Hall–Kier alpha value is -2.99. The molecule has 0 saturated carbocycles. The minimum Gasteiger partial charge on any atom is -0.353 e. The fraction of sp³-hybridized carbons (Fsp3) is 0.516. The molecule has 6 heteroatoms. The highest BCUT2D eigenvalue weighted by atomic mass is 16.5. The molecular weight excluding hydrogens is 460 g/mol. The predicted molar refractivity (Wildman–Crippen MR) is 148 cm³/mol. The van der Waals surface area contributed by atoms with E-state index in [0.29, 0.717) is 24.8 Å². The Labute approximate surface area is 221 Å². The fourth-order valence-electron chi connectivity index (χ4n) is 5.34. The van der Waals surface area contributed by atoms with E-state index >= 15 is 0 Å². The van der Waals surface area contributed by atoms with Gasteiger partial charge in [0.25, 0.3) is 0 Å². The first-order valence-electron chi connectivity index (χ1n) is 13.5. The number of hydrogen-bond donors (Lipinski definition) is 1. The van der Waals surface area contributed by atoms with E-state index in [-0.39, 0.29) is 28.7 Å². The van der Waals surface area contributed by atoms with Crippen LogP contribution in [0.5, 0.6) is 0 Å². The summed E-state index contributed by atoms with van der Waals surface area (Å²) in [6.45, 7) is 15.4. The van der Waals surface area contributed by atoms with Gasteiger partial charge in [-0.15, -0.1) is 0 Å². The average Bonchev–Trinajstić information content (AvgIpc) is 3.32. The zero-order chi connectivity index (χ0) is 26.6. The van der Waals surface area contributed by atoms with E-state index in [1.165, 1.54) is 11.1 Å². The SMILES string of the molecule is CC(CC(C)(C)c1ccccc1)NC(=O)C1CCCN(Cc2nc(-c3ccc(C(C)(C)C)cc3)no2)C1. The summed E-state index contributed by atoms with van der Waals surface area (Å²) in [5, 5.41) is 7.49. The number of benzene rings is 2. The summed E-state index contributed by atoms with van der Waals surface area (Å²) in [7, 11) is 0. The molecule has 1 fully saturated rings. The molecule has 1 aliphatic heterocycles. The van der Waals surface area contributed by atoms with Crippen molar-refractivity contribution in [3.05, 3.63) is 71.6 Å². The van der Waals surface area contributed by atoms with Crippen LogP contribution in [0.25, 0.3) is 11.4 Å². The van der Waals surface area contributed by atoms with Crippen LogP contribution >= 0.6 is 0 Å². The van der Waals surface area contributed by atoms with E-state index in [4.69, 9.17) is 4.52 Å². The summed E-state index contributed by atoms with van der Waals surface area (Å²) < 4.78 is 5.57. The highest BCUT2D eigenvalue weighted by Gasteiger charge is 2.29. The lowest BCUT2D eigenvalue weighted by Crippen LogP contribution is -2.46. The Balaban J connectivity index is 1.30. The van der Waals surface area contributed by atoms with Crippen LogP contribution in [0, 0.1) is 5.92 Å². The number of rotatable bonds is 8. The smallest absolute Gasteiger partial charge is 0.241 e. The van der Waals surface area contributed by atoms with Crippen LogP contribution in [0.1, 0.15) is 77.8 Å². The van der Waals surface area contributed by atoms with Crippen molar-refractivity contribution >= 4 is 5.91 Å². The lowest BCUT2D eigenvalue weighted by Gasteiger charge is -2.33. The monoisotopic (exact) mass is 502 g/mol. The van der Waals surface area contributed by atoms with Gasteiger partial charge in [-0.1, -0.05) is 94.4 Å². The second kappa shape index (κ2) is 11.2. The van der Waals surface area contributed by atoms with Crippen LogP contribution in [0.15, 0.2) is 59.1 Å². The molecule has 2 unspecified atom stereocenters. The van der Waals surface area contributed by atoms with Gasteiger partial charge < -0.3 is 9.84 Å². The molecule has 0 spiro atoms. The summed E-state index contributed by atoms with van der Waals surface area (Å²) in [5.74, 6) is 1.32. The number of nitrogens with zero attached hydrogens (tertiary/aromatic N) is 3. The van der Waals surface area contributed by atoms with Crippen LogP contribution in [0.2, 0.25) is 0 Å². The van der Waals surface area contributed by atoms with Gasteiger partial charge in [0.15, 0.2) is 0 Å². The molecule has 2 aromatic carbocycles. The topological polar surface area (TPSA) is 71.3 Å². The molecule has 1 N–H and O–H groups in total. The molecule has 1 amide bonds. The Morgan fingerprint density at radius 2 is 1.76 bits per heavy atom. The first-order chi connectivity index (χ1) is 17.5. The van der Waals surface area contributed by atoms with Gasteiger partial charge in [-0.3, -0.25) is 9.69 Å². The number of aromatic nitrogens is 2. The molecule has 37 heavy (non-hydrogen) atoms. The normalized spacial score (nSPS) is 17.9. The van der Waals surface area contributed by atoms with Crippen molar-refractivity contribution in [3.8, 4) is 11.4 Å². The van der Waals surface area contributed by atoms with Crippen molar-refractivity contribution < 1.29 is 9.32 Å². The summed E-state index contributed by atoms with van der Waals surface area (Å²) >= 11 is 0. The summed E-state index contributed by atoms with van der Waals surface area (Å²) in [6, 6.07) is 19.0. The molecule has 0 bridgehead atoms. The zero-order valence-electron chi connectivity index (χ0n) is 23.3. The minimum absolute atomic E-state index is 0.00468. The largest absolute Gasteiger partial charge is 0.353 e. The number of nitrogens with one attached hydrogen (secondary N) is 1. The van der Waals surface area contributed by atoms with E-state index in [1.807, 2.05) is 6.07 Å². The third-order valence-corrected chi connectivity index (χ3v) is 7.47. The van der Waals surface area contributed by atoms with Crippen molar-refractivity contribution in [2.45, 2.75) is 84.2 Å². The molecule has 3 aromatic rings. The molecule has 0 aliphatic carbocycles. The van der Waals surface area contributed by atoms with Gasteiger partial charge >= 0.3 is 0 Å². The van der Waals surface area contributed by atoms with Gasteiger partial charge in [-0.2, -0.15) is 4.98 Å². The second-order valence-corrected chi connectivity index (χ2v) is 12.3. The predicted octanol–water partition coefficient (Wildman–Crippen LogP) is 6.12. The second-order valence-electron chi connectivity index (χ2n) is 12.3. The molecule has 1 saturated heterocycles. The van der Waals surface area contributed by atoms with Crippen molar-refractivity contribution in [1.29, 1.82) is 0 Å². The maximum atomic E-state index is 13.1. The van der Waals surface area contributed by atoms with Gasteiger partial charge in [-0.25, -0.2) is 0 Å². The van der Waals surface area contributed by atoms with Gasteiger partial charge in [0.2, 0.25) is 17.6 Å². The van der Waals surface area contributed by atoms with Crippen LogP contribution in [-0.4, -0.2) is 40.1 Å². The minimum atomic E-state index is -0.0247. The van der Waals surface area contributed by atoms with Gasteiger partial charge in [0, 0.05) is 18.2 Å². The van der Waals surface area contributed by atoms with Crippen LogP contribution in [0.4, 0.5) is 0 Å². The molecule has 4 rings (SSSR count). The van der Waals surface area contributed by atoms with Crippen LogP contribution in [0.3, 0.4) is 0 Å². The number of carbonyl (C=O) groups is 1. The summed E-state index contributed by atoms with van der Waals surface area (Å²) in [4.78, 5) is 20.0. The average molecular weight is 503 g/mol. The van der Waals surface area contributed by atoms with Crippen molar-refractivity contribution in [2.24, 2.45) is 5.92 Å². The van der Waals surface area contributed by atoms with Gasteiger partial charge in [-0.05, 0) is 54.7 Å². The van der Waals surface area contributed by atoms with Crippen LogP contribution < -0.4 is 5.32 Å². The number of piperidine rings is 1. The Morgan fingerprint density at radius 3 is 2.43 bits per heavy atom. The number of likely N-dealkylation sites (tertiary alicyclic amines) is 1. The molecule has 1 aliphatic rings. The quantitative estimate of drug-likeness (QED) is 0.402. The third-order valence-electron chi connectivity index (χ3n) is 7.47. The molecule has 1 aromatic heterocycles. The maximum absolute atomic E-state index is 13.1. The van der Waals surface area contributed by atoms with Crippen LogP contribution in [-0.2, 0) is 22.2 Å². The summed E-state index contributed by atoms with van der Waals surface area (Å²) in [6.07, 6.45) is 2.78. The fourth-order valence-corrected chi connectivity index (χ4v) is 5.34. The highest BCUT2D eigenvalue weighted by molar-refractivity contribution is 5.79. The first kappa shape index (κ1) is 27.1. The third kappa shape index (κ3) is 7.07. The molecular formula is C31H42N4O2. The number of amides is 1. The lowest BCUT2D eigenvalue weighted by atomic mass is 9.79. The standard InChI is InChI=1S/C31H42N4O2/c1-22(19-31(5,6)26-12-8-7-9-13-26)32-29(36)24-11-10-18-35(20-24)21-27-33-28(34-37-27)23-14-16-25(17-15-23)30(2,3)4/h7-9,12-17,22,24H,10-11,18-21H2,1-6H3,(H,32,36). The Bertz CT molecular complexity index is 1160. The molecule has 6 nitrogen and oxygen atoms in total. The van der Waals surface area contributed by atoms with E-state index < -0.39 is 0 Å². The van der Waals surface area contributed by atoms with E-state index in [0.717, 1.165) is 31.4 Å². The number of carbonyl (C=O) groups excluding carboxylic acids is 1. The zero-order valence-corrected chi connectivity index (χ0v) is 23.3. The van der Waals surface area contributed by atoms with Crippen molar-refractivity contribution in [1.82, 2.24) is 20.4 Å². The van der Waals surface area contributed by atoms with Crippen molar-refractivity contribution in [2.75, 3.05) is 13.1 Å². The van der Waals surface area contributed by atoms with Crippen molar-refractivity contribution in [3.63, 3.8) is 0 Å². The highest BCUT2D eigenvalue weighted by Crippen LogP contribution is 2.29. The molecule has 2 heterocycles. The first-order valence-corrected chi connectivity index (χ1v) is 13.5. The molecule has 2 atom stereocenters. The number of hydrogen-bond acceptors (Lipinski definition) is 5. The Morgan fingerprint density at radius 1 is 1.05 bits per heavy atom. The van der Waals surface area contributed by atoms with E-state index in [2.05, 4.69) is 110 Å². The summed E-state index contributed by atoms with van der Waals surface area (Å²) in [5.41, 5.74) is 3.62. The lowest BCUT2D eigenvalue weighted by molar-refractivity contribution is -0.127. The maximum Gasteiger partial charge on any atom is 0.241 e. The molecule has 198 valence electrons. The van der Waals surface area contributed by atoms with Gasteiger partial charge in [0.1, 0.15) is 0 Å². The molecule has 0 radical (unpaired) electrons. The Kier molecular flexibility index (Phi) is 8.17. The van der Waals surface area contributed by atoms with E-state index in [9.17, 15) is 4.79 Å². The van der Waals surface area contributed by atoms with Gasteiger partial charge in [0.05, 0.1) is 12.5 Å². The van der Waals surface area contributed by atoms with E-state index in [1.54, 1.807) is 0 Å².